The van der Waals surface area contributed by atoms with Gasteiger partial charge in [-0.3, -0.25) is 4.79 Å². The van der Waals surface area contributed by atoms with Crippen molar-refractivity contribution in [1.29, 1.82) is 0 Å². The van der Waals surface area contributed by atoms with Gasteiger partial charge in [0.05, 0.1) is 6.54 Å². The molecule has 0 spiro atoms. The van der Waals surface area contributed by atoms with E-state index in [0.29, 0.717) is 24.0 Å². The summed E-state index contributed by atoms with van der Waals surface area (Å²) in [6.07, 6.45) is 7.78. The summed E-state index contributed by atoms with van der Waals surface area (Å²) in [6.45, 7) is 1.29. The highest BCUT2D eigenvalue weighted by molar-refractivity contribution is 5.91. The molecule has 1 aromatic heterocycles. The van der Waals surface area contributed by atoms with Gasteiger partial charge < -0.3 is 15.1 Å². The van der Waals surface area contributed by atoms with Gasteiger partial charge in [-0.1, -0.05) is 19.3 Å². The zero-order valence-corrected chi connectivity index (χ0v) is 10.9. The molecule has 1 fully saturated rings. The van der Waals surface area contributed by atoms with E-state index in [1.165, 1.54) is 38.4 Å². The molecular formula is C13H21N3O2. The second kappa shape index (κ2) is 6.54. The van der Waals surface area contributed by atoms with Crippen LogP contribution < -0.4 is 10.6 Å². The Bertz CT molecular complexity index is 383. The van der Waals surface area contributed by atoms with Gasteiger partial charge in [0.25, 0.3) is 5.91 Å². The van der Waals surface area contributed by atoms with Crippen molar-refractivity contribution in [2.45, 2.75) is 38.6 Å². The summed E-state index contributed by atoms with van der Waals surface area (Å²) >= 11 is 0. The Kier molecular flexibility index (Phi) is 4.75. The molecule has 1 heterocycles. The van der Waals surface area contributed by atoms with Crippen LogP contribution in [0.15, 0.2) is 10.7 Å². The van der Waals surface area contributed by atoms with Gasteiger partial charge in [-0.25, -0.2) is 4.98 Å². The quantitative estimate of drug-likeness (QED) is 0.836. The molecule has 2 rings (SSSR count). The normalized spacial score (nSPS) is 16.7. The molecule has 5 nitrogen and oxygen atoms in total. The SMILES string of the molecule is CNCc1nc(C(=O)NCC2CCCCC2)co1. The number of rotatable bonds is 5. The van der Waals surface area contributed by atoms with E-state index < -0.39 is 0 Å². The smallest absolute Gasteiger partial charge is 0.273 e. The highest BCUT2D eigenvalue weighted by Crippen LogP contribution is 2.22. The summed E-state index contributed by atoms with van der Waals surface area (Å²) in [4.78, 5) is 16.0. The highest BCUT2D eigenvalue weighted by atomic mass is 16.3. The minimum Gasteiger partial charge on any atom is -0.447 e. The molecule has 0 bridgehead atoms. The molecule has 0 atom stereocenters. The van der Waals surface area contributed by atoms with Gasteiger partial charge in [0.15, 0.2) is 5.69 Å². The van der Waals surface area contributed by atoms with Crippen LogP contribution in [0.4, 0.5) is 0 Å². The van der Waals surface area contributed by atoms with Crippen LogP contribution >= 0.6 is 0 Å². The third-order valence-electron chi connectivity index (χ3n) is 3.39. The van der Waals surface area contributed by atoms with Gasteiger partial charge in [0, 0.05) is 6.54 Å². The standard InChI is InChI=1S/C13H21N3O2/c1-14-8-12-16-11(9-18-12)13(17)15-7-10-5-3-2-4-6-10/h9-10,14H,2-8H2,1H3,(H,15,17). The molecule has 1 aliphatic rings. The number of carbonyl (C=O) groups is 1. The van der Waals surface area contributed by atoms with Crippen LogP contribution in [0.1, 0.15) is 48.5 Å². The third-order valence-corrected chi connectivity index (χ3v) is 3.39. The fourth-order valence-corrected chi connectivity index (χ4v) is 2.37. The second-order valence-corrected chi connectivity index (χ2v) is 4.87. The van der Waals surface area contributed by atoms with E-state index >= 15 is 0 Å². The van der Waals surface area contributed by atoms with Crippen molar-refractivity contribution in [3.63, 3.8) is 0 Å². The Balaban J connectivity index is 1.79. The number of oxazole rings is 1. The molecule has 0 saturated heterocycles. The summed E-state index contributed by atoms with van der Waals surface area (Å²) in [5.41, 5.74) is 0.371. The topological polar surface area (TPSA) is 67.2 Å². The van der Waals surface area contributed by atoms with Crippen molar-refractivity contribution in [3.8, 4) is 0 Å². The first-order valence-corrected chi connectivity index (χ1v) is 6.67. The summed E-state index contributed by atoms with van der Waals surface area (Å²) in [7, 11) is 1.81. The molecule has 18 heavy (non-hydrogen) atoms. The van der Waals surface area contributed by atoms with E-state index in [1.54, 1.807) is 0 Å². The van der Waals surface area contributed by atoms with Crippen molar-refractivity contribution >= 4 is 5.91 Å². The van der Waals surface area contributed by atoms with Crippen LogP contribution in [0.25, 0.3) is 0 Å². The van der Waals surface area contributed by atoms with Gasteiger partial charge in [-0.05, 0) is 25.8 Å². The summed E-state index contributed by atoms with van der Waals surface area (Å²) in [6, 6.07) is 0. The third kappa shape index (κ3) is 3.57. The number of nitrogens with zero attached hydrogens (tertiary/aromatic N) is 1. The average Bonchev–Trinajstić information content (AvgIpc) is 2.86. The van der Waals surface area contributed by atoms with Gasteiger partial charge in [-0.15, -0.1) is 0 Å². The lowest BCUT2D eigenvalue weighted by molar-refractivity contribution is 0.0938. The molecular weight excluding hydrogens is 230 g/mol. The van der Waals surface area contributed by atoms with Crippen molar-refractivity contribution in [2.24, 2.45) is 5.92 Å². The second-order valence-electron chi connectivity index (χ2n) is 4.87. The molecule has 2 N–H and O–H groups in total. The number of carbonyl (C=O) groups excluding carboxylic acids is 1. The molecule has 5 heteroatoms. The van der Waals surface area contributed by atoms with Crippen LogP contribution in [-0.2, 0) is 6.54 Å². The number of aromatic nitrogens is 1. The summed E-state index contributed by atoms with van der Waals surface area (Å²) < 4.78 is 5.18. The first kappa shape index (κ1) is 13.1. The first-order chi connectivity index (χ1) is 8.79. The minimum absolute atomic E-state index is 0.133. The largest absolute Gasteiger partial charge is 0.447 e. The predicted molar refractivity (Wildman–Crippen MR) is 68.2 cm³/mol. The number of hydrogen-bond donors (Lipinski definition) is 2. The minimum atomic E-state index is -0.133. The summed E-state index contributed by atoms with van der Waals surface area (Å²) in [5, 5.41) is 5.87. The Morgan fingerprint density at radius 2 is 2.22 bits per heavy atom. The van der Waals surface area contributed by atoms with Crippen molar-refractivity contribution in [3.05, 3.63) is 17.8 Å². The highest BCUT2D eigenvalue weighted by Gasteiger charge is 2.16. The number of hydrogen-bond acceptors (Lipinski definition) is 4. The predicted octanol–water partition coefficient (Wildman–Crippen LogP) is 1.70. The van der Waals surface area contributed by atoms with E-state index in [-0.39, 0.29) is 5.91 Å². The molecule has 1 aromatic rings. The van der Waals surface area contributed by atoms with Crippen LogP contribution in [0.3, 0.4) is 0 Å². The van der Waals surface area contributed by atoms with E-state index in [1.807, 2.05) is 7.05 Å². The summed E-state index contributed by atoms with van der Waals surface area (Å²) in [5.74, 6) is 1.04. The van der Waals surface area contributed by atoms with Gasteiger partial charge in [0.1, 0.15) is 6.26 Å². The average molecular weight is 251 g/mol. The monoisotopic (exact) mass is 251 g/mol. The molecule has 0 unspecified atom stereocenters. The van der Waals surface area contributed by atoms with Crippen LogP contribution in [-0.4, -0.2) is 24.5 Å². The zero-order chi connectivity index (χ0) is 12.8. The van der Waals surface area contributed by atoms with Gasteiger partial charge >= 0.3 is 0 Å². The molecule has 100 valence electrons. The fourth-order valence-electron chi connectivity index (χ4n) is 2.37. The van der Waals surface area contributed by atoms with E-state index in [0.717, 1.165) is 6.54 Å². The maximum absolute atomic E-state index is 11.9. The van der Waals surface area contributed by atoms with Gasteiger partial charge in [0.2, 0.25) is 5.89 Å². The Hall–Kier alpha value is -1.36. The van der Waals surface area contributed by atoms with Crippen molar-refractivity contribution in [1.82, 2.24) is 15.6 Å². The van der Waals surface area contributed by atoms with Crippen molar-refractivity contribution < 1.29 is 9.21 Å². The lowest BCUT2D eigenvalue weighted by Gasteiger charge is -2.21. The Labute approximate surface area is 107 Å². The van der Waals surface area contributed by atoms with Crippen LogP contribution in [0.5, 0.6) is 0 Å². The number of amides is 1. The fraction of sp³-hybridized carbons (Fsp3) is 0.692. The Morgan fingerprint density at radius 1 is 1.44 bits per heavy atom. The van der Waals surface area contributed by atoms with E-state index in [9.17, 15) is 4.79 Å². The molecule has 1 aliphatic carbocycles. The Morgan fingerprint density at radius 3 is 2.94 bits per heavy atom. The van der Waals surface area contributed by atoms with Crippen LogP contribution in [0, 0.1) is 5.92 Å². The molecule has 1 saturated carbocycles. The number of nitrogens with one attached hydrogen (secondary N) is 2. The lowest BCUT2D eigenvalue weighted by Crippen LogP contribution is -2.30. The zero-order valence-electron chi connectivity index (χ0n) is 10.9. The molecule has 0 aromatic carbocycles. The molecule has 1 amide bonds. The maximum atomic E-state index is 11.9. The molecule has 0 radical (unpaired) electrons. The van der Waals surface area contributed by atoms with Gasteiger partial charge in [-0.2, -0.15) is 0 Å². The van der Waals surface area contributed by atoms with E-state index in [2.05, 4.69) is 15.6 Å². The van der Waals surface area contributed by atoms with Crippen molar-refractivity contribution in [2.75, 3.05) is 13.6 Å². The first-order valence-electron chi connectivity index (χ1n) is 6.67. The van der Waals surface area contributed by atoms with Crippen LogP contribution in [0.2, 0.25) is 0 Å². The molecule has 0 aliphatic heterocycles. The van der Waals surface area contributed by atoms with E-state index in [4.69, 9.17) is 4.42 Å². The lowest BCUT2D eigenvalue weighted by atomic mass is 9.89. The maximum Gasteiger partial charge on any atom is 0.273 e.